The fourth-order valence-corrected chi connectivity index (χ4v) is 1.98. The van der Waals surface area contributed by atoms with Crippen LogP contribution in [0.4, 0.5) is 0 Å². The van der Waals surface area contributed by atoms with Crippen LogP contribution in [0.3, 0.4) is 0 Å². The first-order valence-corrected chi connectivity index (χ1v) is 6.07. The number of hydrogen-bond acceptors (Lipinski definition) is 3. The molecule has 0 aliphatic heterocycles. The number of nitriles is 1. The molecule has 0 amide bonds. The molecule has 0 unspecified atom stereocenters. The third-order valence-corrected chi connectivity index (χ3v) is 2.97. The highest BCUT2D eigenvalue weighted by Gasteiger charge is 2.10. The van der Waals surface area contributed by atoms with Crippen LogP contribution in [0.25, 0.3) is 10.9 Å². The number of benzene rings is 2. The van der Waals surface area contributed by atoms with E-state index in [2.05, 4.69) is 6.07 Å². The number of fused-ring (bicyclic) bond motifs is 1. The summed E-state index contributed by atoms with van der Waals surface area (Å²) in [6.45, 7) is 0. The second kappa shape index (κ2) is 4.90. The van der Waals surface area contributed by atoms with Gasteiger partial charge in [0.15, 0.2) is 0 Å². The highest BCUT2D eigenvalue weighted by Crippen LogP contribution is 2.16. The number of carbonyl (C=O) groups is 1. The maximum Gasteiger partial charge on any atom is 0.363 e. The fraction of sp³-hybridized carbons (Fsp3) is 0. The zero-order valence-electron chi connectivity index (χ0n) is 10.5. The lowest BCUT2D eigenvalue weighted by Gasteiger charge is -2.06. The number of aromatic nitrogens is 1. The zero-order chi connectivity index (χ0) is 13.9. The first-order chi connectivity index (χ1) is 9.78. The fourth-order valence-electron chi connectivity index (χ4n) is 1.98. The van der Waals surface area contributed by atoms with Gasteiger partial charge in [-0.2, -0.15) is 9.99 Å². The molecule has 0 spiro atoms. The van der Waals surface area contributed by atoms with Crippen molar-refractivity contribution in [1.82, 2.24) is 4.73 Å². The van der Waals surface area contributed by atoms with Crippen molar-refractivity contribution in [1.29, 1.82) is 5.26 Å². The molecule has 4 nitrogen and oxygen atoms in total. The van der Waals surface area contributed by atoms with Gasteiger partial charge in [-0.15, -0.1) is 0 Å². The average molecular weight is 262 g/mol. The molecule has 0 saturated carbocycles. The molecule has 0 atom stereocenters. The van der Waals surface area contributed by atoms with Crippen LogP contribution in [0.15, 0.2) is 60.8 Å². The van der Waals surface area contributed by atoms with Gasteiger partial charge in [0.05, 0.1) is 22.7 Å². The Labute approximate surface area is 115 Å². The summed E-state index contributed by atoms with van der Waals surface area (Å²) in [7, 11) is 0. The number of rotatable bonds is 2. The predicted molar refractivity (Wildman–Crippen MR) is 74.0 cm³/mol. The molecule has 0 aliphatic rings. The van der Waals surface area contributed by atoms with Crippen molar-refractivity contribution < 1.29 is 9.63 Å². The lowest BCUT2D eigenvalue weighted by atomic mass is 10.2. The number of hydrogen-bond donors (Lipinski definition) is 0. The number of carbonyl (C=O) groups excluding carboxylic acids is 1. The quantitative estimate of drug-likeness (QED) is 0.713. The topological polar surface area (TPSA) is 55.0 Å². The van der Waals surface area contributed by atoms with Gasteiger partial charge in [0.1, 0.15) is 0 Å². The third-order valence-electron chi connectivity index (χ3n) is 2.97. The van der Waals surface area contributed by atoms with E-state index in [-0.39, 0.29) is 0 Å². The van der Waals surface area contributed by atoms with Gasteiger partial charge in [0, 0.05) is 11.6 Å². The lowest BCUT2D eigenvalue weighted by Crippen LogP contribution is -2.18. The van der Waals surface area contributed by atoms with Crippen LogP contribution in [0, 0.1) is 11.3 Å². The minimum Gasteiger partial charge on any atom is -0.331 e. The molecule has 3 rings (SSSR count). The van der Waals surface area contributed by atoms with Crippen molar-refractivity contribution >= 4 is 16.9 Å². The summed E-state index contributed by atoms with van der Waals surface area (Å²) in [4.78, 5) is 17.3. The van der Waals surface area contributed by atoms with Crippen molar-refractivity contribution in [3.05, 3.63) is 71.9 Å². The van der Waals surface area contributed by atoms with E-state index in [1.807, 2.05) is 6.07 Å². The van der Waals surface area contributed by atoms with Crippen molar-refractivity contribution in [2.24, 2.45) is 0 Å². The molecule has 0 fully saturated rings. The predicted octanol–water partition coefficient (Wildman–Crippen LogP) is 2.78. The zero-order valence-corrected chi connectivity index (χ0v) is 10.5. The summed E-state index contributed by atoms with van der Waals surface area (Å²) in [6, 6.07) is 17.9. The SMILES string of the molecule is N#Cc1ccc2c(ccn2OC(=O)c2ccccc2)c1. The molecule has 3 aromatic rings. The van der Waals surface area contributed by atoms with E-state index in [0.29, 0.717) is 11.1 Å². The van der Waals surface area contributed by atoms with Crippen LogP contribution in [0.5, 0.6) is 0 Å². The van der Waals surface area contributed by atoms with Gasteiger partial charge in [-0.05, 0) is 36.4 Å². The molecule has 0 saturated heterocycles. The summed E-state index contributed by atoms with van der Waals surface area (Å²) in [5.41, 5.74) is 1.81. The lowest BCUT2D eigenvalue weighted by molar-refractivity contribution is 0.0483. The summed E-state index contributed by atoms with van der Waals surface area (Å²) < 4.78 is 1.41. The highest BCUT2D eigenvalue weighted by atomic mass is 16.7. The van der Waals surface area contributed by atoms with Gasteiger partial charge in [0.2, 0.25) is 0 Å². The Morgan fingerprint density at radius 3 is 2.65 bits per heavy atom. The van der Waals surface area contributed by atoms with Gasteiger partial charge in [-0.3, -0.25) is 0 Å². The van der Waals surface area contributed by atoms with Crippen LogP contribution in [-0.2, 0) is 0 Å². The Balaban J connectivity index is 1.92. The Kier molecular flexibility index (Phi) is 2.94. The monoisotopic (exact) mass is 262 g/mol. The molecule has 0 N–H and O–H groups in total. The standard InChI is InChI=1S/C16H10N2O2/c17-11-12-6-7-15-14(10-12)8-9-18(15)20-16(19)13-4-2-1-3-5-13/h1-10H. The molecular formula is C16H10N2O2. The normalized spacial score (nSPS) is 10.2. The summed E-state index contributed by atoms with van der Waals surface area (Å²) in [6.07, 6.45) is 1.66. The van der Waals surface area contributed by atoms with Crippen molar-refractivity contribution in [2.45, 2.75) is 0 Å². The van der Waals surface area contributed by atoms with Crippen LogP contribution < -0.4 is 4.84 Å². The molecule has 1 aromatic heterocycles. The summed E-state index contributed by atoms with van der Waals surface area (Å²) >= 11 is 0. The van der Waals surface area contributed by atoms with Crippen LogP contribution in [0.1, 0.15) is 15.9 Å². The molecule has 4 heteroatoms. The molecule has 20 heavy (non-hydrogen) atoms. The maximum absolute atomic E-state index is 12.0. The van der Waals surface area contributed by atoms with Gasteiger partial charge < -0.3 is 4.84 Å². The second-order valence-electron chi connectivity index (χ2n) is 4.27. The van der Waals surface area contributed by atoms with E-state index < -0.39 is 5.97 Å². The third kappa shape index (κ3) is 2.13. The van der Waals surface area contributed by atoms with Crippen LogP contribution in [-0.4, -0.2) is 10.7 Å². The average Bonchev–Trinajstić information content (AvgIpc) is 2.90. The molecule has 1 heterocycles. The largest absolute Gasteiger partial charge is 0.363 e. The van der Waals surface area contributed by atoms with E-state index in [1.165, 1.54) is 4.73 Å². The Bertz CT molecular complexity index is 813. The Morgan fingerprint density at radius 2 is 1.90 bits per heavy atom. The molecular weight excluding hydrogens is 252 g/mol. The van der Waals surface area contributed by atoms with Crippen molar-refractivity contribution in [3.8, 4) is 6.07 Å². The minimum atomic E-state index is -0.424. The van der Waals surface area contributed by atoms with Crippen molar-refractivity contribution in [2.75, 3.05) is 0 Å². The van der Waals surface area contributed by atoms with Crippen LogP contribution in [0.2, 0.25) is 0 Å². The summed E-state index contributed by atoms with van der Waals surface area (Å²) in [5, 5.41) is 9.71. The van der Waals surface area contributed by atoms with E-state index >= 15 is 0 Å². The van der Waals surface area contributed by atoms with E-state index in [4.69, 9.17) is 10.1 Å². The Morgan fingerprint density at radius 1 is 1.10 bits per heavy atom. The minimum absolute atomic E-state index is 0.424. The van der Waals surface area contributed by atoms with Crippen LogP contribution >= 0.6 is 0 Å². The van der Waals surface area contributed by atoms with Crippen molar-refractivity contribution in [3.63, 3.8) is 0 Å². The van der Waals surface area contributed by atoms with E-state index in [0.717, 1.165) is 10.9 Å². The first-order valence-electron chi connectivity index (χ1n) is 6.07. The molecule has 2 aromatic carbocycles. The molecule has 0 aliphatic carbocycles. The first kappa shape index (κ1) is 12.0. The molecule has 96 valence electrons. The van der Waals surface area contributed by atoms with Gasteiger partial charge in [0.25, 0.3) is 0 Å². The van der Waals surface area contributed by atoms with Gasteiger partial charge >= 0.3 is 5.97 Å². The molecule has 0 radical (unpaired) electrons. The number of nitrogens with zero attached hydrogens (tertiary/aromatic N) is 2. The van der Waals surface area contributed by atoms with E-state index in [1.54, 1.807) is 54.7 Å². The summed E-state index contributed by atoms with van der Waals surface area (Å²) in [5.74, 6) is -0.424. The highest BCUT2D eigenvalue weighted by molar-refractivity contribution is 5.90. The van der Waals surface area contributed by atoms with Gasteiger partial charge in [-0.25, -0.2) is 4.79 Å². The molecule has 0 bridgehead atoms. The Hall–Kier alpha value is -3.06. The van der Waals surface area contributed by atoms with E-state index in [9.17, 15) is 4.79 Å². The maximum atomic E-state index is 12.0. The second-order valence-corrected chi connectivity index (χ2v) is 4.27. The smallest absolute Gasteiger partial charge is 0.331 e. The van der Waals surface area contributed by atoms with Gasteiger partial charge in [-0.1, -0.05) is 18.2 Å².